The van der Waals surface area contributed by atoms with Gasteiger partial charge in [-0.25, -0.2) is 4.79 Å². The zero-order valence-electron chi connectivity index (χ0n) is 17.9. The molecule has 30 heavy (non-hydrogen) atoms. The molecule has 0 radical (unpaired) electrons. The van der Waals surface area contributed by atoms with Crippen LogP contribution in [0.2, 0.25) is 0 Å². The number of ether oxygens (including phenoxy) is 2. The number of nitrogens with two attached hydrogens (primary N) is 2. The summed E-state index contributed by atoms with van der Waals surface area (Å²) in [7, 11) is 0. The first-order chi connectivity index (χ1) is 14.1. The lowest BCUT2D eigenvalue weighted by Gasteiger charge is -2.37. The number of hydrogen-bond acceptors (Lipinski definition) is 6. The van der Waals surface area contributed by atoms with Gasteiger partial charge in [-0.15, -0.1) is 0 Å². The second-order valence-corrected chi connectivity index (χ2v) is 9.07. The van der Waals surface area contributed by atoms with Gasteiger partial charge in [0.15, 0.2) is 5.75 Å². The lowest BCUT2D eigenvalue weighted by Crippen LogP contribution is -2.52. The predicted molar refractivity (Wildman–Crippen MR) is 117 cm³/mol. The molecule has 2 aromatic carbocycles. The summed E-state index contributed by atoms with van der Waals surface area (Å²) in [4.78, 5) is 13.5. The van der Waals surface area contributed by atoms with Crippen LogP contribution in [-0.2, 0) is 21.5 Å². The number of benzene rings is 2. The largest absolute Gasteiger partial charge is 0.458 e. The summed E-state index contributed by atoms with van der Waals surface area (Å²) in [5, 5.41) is 3.14. The molecule has 0 spiro atoms. The summed E-state index contributed by atoms with van der Waals surface area (Å²) in [6, 6.07) is 13.7. The third-order valence-electron chi connectivity index (χ3n) is 5.79. The Bertz CT molecular complexity index is 1040. The van der Waals surface area contributed by atoms with E-state index in [1.807, 2.05) is 51.1 Å². The summed E-state index contributed by atoms with van der Waals surface area (Å²) >= 11 is 0. The molecule has 1 aliphatic carbocycles. The Kier molecular flexibility index (Phi) is 4.77. The number of rotatable bonds is 3. The highest BCUT2D eigenvalue weighted by Crippen LogP contribution is 2.47. The number of allylic oxidation sites excluding steroid dienone is 1. The Morgan fingerprint density at radius 3 is 2.67 bits per heavy atom. The number of carbonyl (C=O) groups excluding carboxylic acids is 1. The van der Waals surface area contributed by atoms with Crippen LogP contribution in [0.25, 0.3) is 0 Å². The molecule has 1 aliphatic heterocycles. The normalized spacial score (nSPS) is 19.8. The van der Waals surface area contributed by atoms with E-state index in [4.69, 9.17) is 20.9 Å². The maximum absolute atomic E-state index is 13.5. The summed E-state index contributed by atoms with van der Waals surface area (Å²) in [5.74, 6) is 1.05. The molecule has 0 amide bonds. The minimum atomic E-state index is -1.35. The fourth-order valence-electron chi connectivity index (χ4n) is 4.28. The minimum Gasteiger partial charge on any atom is -0.458 e. The summed E-state index contributed by atoms with van der Waals surface area (Å²) < 4.78 is 11.6. The number of aryl methyl sites for hydroxylation is 1. The van der Waals surface area contributed by atoms with E-state index in [1.165, 1.54) is 5.56 Å². The standard InChI is InChI=1S/C24H29N3O3/c1-14-21(25)27-19-13-16(10-12-20(19)29-14)24(26,22(28)30-23(2,3)4)18-11-9-15-7-5-6-8-17(15)18/h5-8,10,12-13,18,27H,9,11,25-26H2,1-4H3. The van der Waals surface area contributed by atoms with E-state index in [9.17, 15) is 4.79 Å². The van der Waals surface area contributed by atoms with Gasteiger partial charge in [0.25, 0.3) is 0 Å². The van der Waals surface area contributed by atoms with Gasteiger partial charge in [-0.1, -0.05) is 30.3 Å². The Balaban J connectivity index is 1.82. The fourth-order valence-corrected chi connectivity index (χ4v) is 4.28. The smallest absolute Gasteiger partial charge is 0.331 e. The molecule has 6 nitrogen and oxygen atoms in total. The molecule has 0 saturated heterocycles. The van der Waals surface area contributed by atoms with E-state index in [-0.39, 0.29) is 5.92 Å². The monoisotopic (exact) mass is 407 g/mol. The molecule has 0 aromatic heterocycles. The zero-order chi connectivity index (χ0) is 21.7. The van der Waals surface area contributed by atoms with Gasteiger partial charge in [-0.05, 0) is 69.4 Å². The van der Waals surface area contributed by atoms with Crippen LogP contribution in [0.4, 0.5) is 5.69 Å². The van der Waals surface area contributed by atoms with Crippen molar-refractivity contribution in [1.82, 2.24) is 0 Å². The van der Waals surface area contributed by atoms with Gasteiger partial charge in [-0.3, -0.25) is 0 Å². The minimum absolute atomic E-state index is 0.194. The van der Waals surface area contributed by atoms with Crippen LogP contribution in [0.15, 0.2) is 54.0 Å². The van der Waals surface area contributed by atoms with Crippen molar-refractivity contribution in [3.05, 3.63) is 70.7 Å². The number of carbonyl (C=O) groups is 1. The summed E-state index contributed by atoms with van der Waals surface area (Å²) in [6.07, 6.45) is 1.65. The van der Waals surface area contributed by atoms with Crippen LogP contribution in [0.3, 0.4) is 0 Å². The molecule has 2 unspecified atom stereocenters. The molecule has 1 heterocycles. The Hall–Kier alpha value is -2.99. The number of nitrogens with one attached hydrogen (secondary N) is 1. The fraction of sp³-hybridized carbons (Fsp3) is 0.375. The van der Waals surface area contributed by atoms with Crippen LogP contribution in [-0.4, -0.2) is 11.6 Å². The van der Waals surface area contributed by atoms with E-state index in [2.05, 4.69) is 17.4 Å². The van der Waals surface area contributed by atoms with Gasteiger partial charge in [0, 0.05) is 5.92 Å². The SMILES string of the molecule is CC1=C(N)Nc2cc(C(N)(C(=O)OC(C)(C)C)C3CCc4ccccc43)ccc2O1. The molecule has 4 rings (SSSR count). The summed E-state index contributed by atoms with van der Waals surface area (Å²) in [5.41, 5.74) is 14.7. The first kappa shape index (κ1) is 20.3. The number of fused-ring (bicyclic) bond motifs is 2. The average molecular weight is 408 g/mol. The Morgan fingerprint density at radius 1 is 1.20 bits per heavy atom. The van der Waals surface area contributed by atoms with Gasteiger partial charge in [0.05, 0.1) is 5.69 Å². The molecule has 2 aromatic rings. The molecular formula is C24H29N3O3. The summed E-state index contributed by atoms with van der Waals surface area (Å²) in [6.45, 7) is 7.35. The van der Waals surface area contributed by atoms with E-state index >= 15 is 0 Å². The van der Waals surface area contributed by atoms with Crippen molar-refractivity contribution in [3.63, 3.8) is 0 Å². The van der Waals surface area contributed by atoms with Crippen molar-refractivity contribution in [3.8, 4) is 5.75 Å². The van der Waals surface area contributed by atoms with Crippen LogP contribution in [0.1, 0.15) is 56.7 Å². The van der Waals surface area contributed by atoms with E-state index in [0.29, 0.717) is 28.6 Å². The topological polar surface area (TPSA) is 99.6 Å². The Labute approximate surface area is 177 Å². The first-order valence-electron chi connectivity index (χ1n) is 10.3. The van der Waals surface area contributed by atoms with E-state index in [0.717, 1.165) is 18.4 Å². The third kappa shape index (κ3) is 3.41. The van der Waals surface area contributed by atoms with Gasteiger partial charge in [0.2, 0.25) is 0 Å². The lowest BCUT2D eigenvalue weighted by molar-refractivity contribution is -0.163. The highest BCUT2D eigenvalue weighted by Gasteiger charge is 2.49. The number of hydrogen-bond donors (Lipinski definition) is 3. The lowest BCUT2D eigenvalue weighted by atomic mass is 9.75. The van der Waals surface area contributed by atoms with Crippen molar-refractivity contribution >= 4 is 11.7 Å². The van der Waals surface area contributed by atoms with Gasteiger partial charge in [0.1, 0.15) is 22.7 Å². The van der Waals surface area contributed by atoms with Crippen molar-refractivity contribution in [2.24, 2.45) is 11.5 Å². The van der Waals surface area contributed by atoms with Crippen molar-refractivity contribution in [2.45, 2.75) is 57.6 Å². The molecule has 0 saturated carbocycles. The highest BCUT2D eigenvalue weighted by molar-refractivity contribution is 5.85. The number of esters is 1. The molecule has 6 heteroatoms. The van der Waals surface area contributed by atoms with Crippen LogP contribution in [0, 0.1) is 0 Å². The second-order valence-electron chi connectivity index (χ2n) is 9.07. The second kappa shape index (κ2) is 7.06. The van der Waals surface area contributed by atoms with Crippen LogP contribution in [0.5, 0.6) is 5.75 Å². The molecule has 0 bridgehead atoms. The predicted octanol–water partition coefficient (Wildman–Crippen LogP) is 3.86. The number of anilines is 1. The molecule has 2 aliphatic rings. The molecule has 2 atom stereocenters. The maximum Gasteiger partial charge on any atom is 0.331 e. The van der Waals surface area contributed by atoms with Crippen molar-refractivity contribution in [1.29, 1.82) is 0 Å². The van der Waals surface area contributed by atoms with E-state index in [1.54, 1.807) is 6.92 Å². The van der Waals surface area contributed by atoms with Gasteiger partial charge in [-0.2, -0.15) is 0 Å². The molecule has 5 N–H and O–H groups in total. The van der Waals surface area contributed by atoms with E-state index < -0.39 is 17.1 Å². The molecule has 0 fully saturated rings. The zero-order valence-corrected chi connectivity index (χ0v) is 17.9. The highest BCUT2D eigenvalue weighted by atomic mass is 16.6. The Morgan fingerprint density at radius 2 is 1.93 bits per heavy atom. The van der Waals surface area contributed by atoms with Gasteiger partial charge >= 0.3 is 5.97 Å². The average Bonchev–Trinajstić information content (AvgIpc) is 3.11. The van der Waals surface area contributed by atoms with Crippen molar-refractivity contribution in [2.75, 3.05) is 5.32 Å². The van der Waals surface area contributed by atoms with Gasteiger partial charge < -0.3 is 26.3 Å². The van der Waals surface area contributed by atoms with Crippen LogP contribution < -0.4 is 21.5 Å². The van der Waals surface area contributed by atoms with Crippen LogP contribution >= 0.6 is 0 Å². The maximum atomic E-state index is 13.5. The van der Waals surface area contributed by atoms with Crippen molar-refractivity contribution < 1.29 is 14.3 Å². The molecule has 158 valence electrons. The first-order valence-corrected chi connectivity index (χ1v) is 10.3. The molecular weight excluding hydrogens is 378 g/mol. The third-order valence-corrected chi connectivity index (χ3v) is 5.79. The quantitative estimate of drug-likeness (QED) is 0.668.